The minimum atomic E-state index is -0.549. The molecule has 140 valence electrons. The molecule has 2 aromatic carbocycles. The molecule has 2 atom stereocenters. The molecule has 0 bridgehead atoms. The molecule has 0 saturated heterocycles. The molecule has 7 nitrogen and oxygen atoms in total. The second-order valence-electron chi connectivity index (χ2n) is 6.23. The molecule has 3 aromatic rings. The van der Waals surface area contributed by atoms with Gasteiger partial charge in [0.05, 0.1) is 22.2 Å². The van der Waals surface area contributed by atoms with Crippen LogP contribution in [0.25, 0.3) is 10.2 Å². The number of aromatic nitrogens is 1. The molecular formula is C18H18ClN4O3S+. The Morgan fingerprint density at radius 2 is 2.11 bits per heavy atom. The summed E-state index contributed by atoms with van der Waals surface area (Å²) in [6, 6.07) is 12.0. The number of rotatable bonds is 6. The number of benzene rings is 2. The molecule has 3 rings (SSSR count). The average Bonchev–Trinajstić information content (AvgIpc) is 3.04. The van der Waals surface area contributed by atoms with Gasteiger partial charge in [0.15, 0.2) is 11.6 Å². The highest BCUT2D eigenvalue weighted by Crippen LogP contribution is 2.27. The summed E-state index contributed by atoms with van der Waals surface area (Å²) >= 11 is 7.50. The SMILES string of the molecule is C[C@H](c1nc2ccccc2s1)[NH+](C)CC(=O)Nc1cc(Cl)ccc1[N+](=O)[O-]. The second kappa shape index (κ2) is 7.99. The van der Waals surface area contributed by atoms with Crippen LogP contribution in [0.5, 0.6) is 0 Å². The maximum atomic E-state index is 12.4. The molecule has 0 fully saturated rings. The van der Waals surface area contributed by atoms with E-state index in [-0.39, 0.29) is 29.9 Å². The van der Waals surface area contributed by atoms with Gasteiger partial charge in [0.25, 0.3) is 11.6 Å². The summed E-state index contributed by atoms with van der Waals surface area (Å²) in [4.78, 5) is 28.5. The smallest absolute Gasteiger partial charge is 0.292 e. The van der Waals surface area contributed by atoms with Gasteiger partial charge in [-0.15, -0.1) is 11.3 Å². The number of para-hydroxylation sites is 1. The minimum absolute atomic E-state index is 0.00231. The number of amides is 1. The first-order valence-electron chi connectivity index (χ1n) is 8.26. The highest BCUT2D eigenvalue weighted by Gasteiger charge is 2.23. The predicted octanol–water partition coefficient (Wildman–Crippen LogP) is 3.07. The summed E-state index contributed by atoms with van der Waals surface area (Å²) in [6.45, 7) is 2.14. The van der Waals surface area contributed by atoms with Crippen LogP contribution in [0.1, 0.15) is 18.0 Å². The normalized spacial score (nSPS) is 13.3. The Morgan fingerprint density at radius 1 is 1.37 bits per heavy atom. The van der Waals surface area contributed by atoms with Crippen molar-refractivity contribution in [2.45, 2.75) is 13.0 Å². The molecule has 2 N–H and O–H groups in total. The number of nitrogens with one attached hydrogen (secondary N) is 2. The third-order valence-electron chi connectivity index (χ3n) is 4.29. The lowest BCUT2D eigenvalue weighted by molar-refractivity contribution is -0.902. The molecule has 0 saturated carbocycles. The fourth-order valence-electron chi connectivity index (χ4n) is 2.65. The van der Waals surface area contributed by atoms with E-state index in [1.165, 1.54) is 18.2 Å². The van der Waals surface area contributed by atoms with Crippen LogP contribution in [0.4, 0.5) is 11.4 Å². The van der Waals surface area contributed by atoms with Crippen molar-refractivity contribution < 1.29 is 14.6 Å². The lowest BCUT2D eigenvalue weighted by Crippen LogP contribution is -3.10. The van der Waals surface area contributed by atoms with E-state index in [0.29, 0.717) is 5.02 Å². The van der Waals surface area contributed by atoms with E-state index in [4.69, 9.17) is 11.6 Å². The van der Waals surface area contributed by atoms with Gasteiger partial charge in [-0.2, -0.15) is 0 Å². The summed E-state index contributed by atoms with van der Waals surface area (Å²) in [6.07, 6.45) is 0. The molecule has 0 aliphatic rings. The molecule has 0 aliphatic heterocycles. The Balaban J connectivity index is 1.70. The number of quaternary nitrogens is 1. The first-order chi connectivity index (χ1) is 12.8. The Bertz CT molecular complexity index is 974. The van der Waals surface area contributed by atoms with Gasteiger partial charge in [0.1, 0.15) is 11.7 Å². The zero-order valence-corrected chi connectivity index (χ0v) is 16.3. The lowest BCUT2D eigenvalue weighted by Gasteiger charge is -2.19. The zero-order valence-electron chi connectivity index (χ0n) is 14.7. The van der Waals surface area contributed by atoms with Crippen LogP contribution in [0.15, 0.2) is 42.5 Å². The number of thiazole rings is 1. The number of likely N-dealkylation sites (N-methyl/N-ethyl adjacent to an activating group) is 1. The average molecular weight is 406 g/mol. The number of fused-ring (bicyclic) bond motifs is 1. The molecule has 0 spiro atoms. The van der Waals surface area contributed by atoms with Crippen molar-refractivity contribution in [3.63, 3.8) is 0 Å². The number of anilines is 1. The van der Waals surface area contributed by atoms with Gasteiger partial charge < -0.3 is 10.2 Å². The van der Waals surface area contributed by atoms with Gasteiger partial charge in [-0.1, -0.05) is 23.7 Å². The molecule has 0 aliphatic carbocycles. The third-order valence-corrected chi connectivity index (χ3v) is 5.74. The lowest BCUT2D eigenvalue weighted by atomic mass is 10.2. The topological polar surface area (TPSA) is 89.6 Å². The van der Waals surface area contributed by atoms with Crippen LogP contribution in [-0.4, -0.2) is 29.4 Å². The van der Waals surface area contributed by atoms with E-state index in [1.54, 1.807) is 11.3 Å². The molecular weight excluding hydrogens is 388 g/mol. The van der Waals surface area contributed by atoms with E-state index in [9.17, 15) is 14.9 Å². The number of hydrogen-bond acceptors (Lipinski definition) is 5. The molecule has 1 amide bonds. The number of carbonyl (C=O) groups is 1. The highest BCUT2D eigenvalue weighted by atomic mass is 35.5. The summed E-state index contributed by atoms with van der Waals surface area (Å²) in [5.41, 5.74) is 0.846. The summed E-state index contributed by atoms with van der Waals surface area (Å²) in [5, 5.41) is 15.0. The van der Waals surface area contributed by atoms with E-state index in [1.807, 2.05) is 38.2 Å². The summed E-state index contributed by atoms with van der Waals surface area (Å²) in [5.74, 6) is -0.328. The third kappa shape index (κ3) is 4.41. The van der Waals surface area contributed by atoms with E-state index in [0.717, 1.165) is 20.1 Å². The van der Waals surface area contributed by atoms with Gasteiger partial charge in [-0.3, -0.25) is 14.9 Å². The van der Waals surface area contributed by atoms with Gasteiger partial charge in [-0.25, -0.2) is 4.98 Å². The van der Waals surface area contributed by atoms with Crippen molar-refractivity contribution in [1.82, 2.24) is 4.98 Å². The van der Waals surface area contributed by atoms with Gasteiger partial charge in [0, 0.05) is 11.1 Å². The molecule has 1 unspecified atom stereocenters. The quantitative estimate of drug-likeness (QED) is 0.487. The zero-order chi connectivity index (χ0) is 19.6. The van der Waals surface area contributed by atoms with Crippen LogP contribution >= 0.6 is 22.9 Å². The van der Waals surface area contributed by atoms with Crippen molar-refractivity contribution in [2.75, 3.05) is 18.9 Å². The van der Waals surface area contributed by atoms with E-state index >= 15 is 0 Å². The fraction of sp³-hybridized carbons (Fsp3) is 0.222. The number of nitro benzene ring substituents is 1. The van der Waals surface area contributed by atoms with Crippen LogP contribution in [0, 0.1) is 10.1 Å². The number of carbonyl (C=O) groups excluding carboxylic acids is 1. The maximum absolute atomic E-state index is 12.4. The Labute approximate surface area is 164 Å². The van der Waals surface area contributed by atoms with Gasteiger partial charge >= 0.3 is 0 Å². The number of nitrogens with zero attached hydrogens (tertiary/aromatic N) is 2. The van der Waals surface area contributed by atoms with Crippen LogP contribution in [-0.2, 0) is 4.79 Å². The Kier molecular flexibility index (Phi) is 5.69. The predicted molar refractivity (Wildman–Crippen MR) is 107 cm³/mol. The van der Waals surface area contributed by atoms with Crippen LogP contribution < -0.4 is 10.2 Å². The number of hydrogen-bond donors (Lipinski definition) is 2. The molecule has 1 heterocycles. The summed E-state index contributed by atoms with van der Waals surface area (Å²) < 4.78 is 1.10. The monoisotopic (exact) mass is 405 g/mol. The Hall–Kier alpha value is -2.55. The first-order valence-corrected chi connectivity index (χ1v) is 9.46. The number of nitro groups is 1. The maximum Gasteiger partial charge on any atom is 0.292 e. The first kappa shape index (κ1) is 19.2. The van der Waals surface area contributed by atoms with Gasteiger partial charge in [0.2, 0.25) is 0 Å². The van der Waals surface area contributed by atoms with Crippen molar-refractivity contribution in [3.05, 3.63) is 62.6 Å². The van der Waals surface area contributed by atoms with Crippen molar-refractivity contribution >= 4 is 50.4 Å². The standard InChI is InChI=1S/C18H17ClN4O3S/c1-11(18-21-13-5-3-4-6-16(13)27-18)22(2)10-17(24)20-14-9-12(19)7-8-15(14)23(25)26/h3-9,11H,10H2,1-2H3,(H,20,24)/p+1/t11-/m1/s1. The van der Waals surface area contributed by atoms with E-state index in [2.05, 4.69) is 10.3 Å². The minimum Gasteiger partial charge on any atom is -0.322 e. The molecule has 9 heteroatoms. The second-order valence-corrected chi connectivity index (χ2v) is 7.73. The highest BCUT2D eigenvalue weighted by molar-refractivity contribution is 7.18. The fourth-order valence-corrected chi connectivity index (χ4v) is 3.94. The molecule has 1 aromatic heterocycles. The van der Waals surface area contributed by atoms with E-state index < -0.39 is 4.92 Å². The number of halogens is 1. The van der Waals surface area contributed by atoms with Crippen molar-refractivity contribution in [1.29, 1.82) is 0 Å². The van der Waals surface area contributed by atoms with Crippen LogP contribution in [0.3, 0.4) is 0 Å². The Morgan fingerprint density at radius 3 is 2.81 bits per heavy atom. The van der Waals surface area contributed by atoms with Crippen LogP contribution in [0.2, 0.25) is 5.02 Å². The summed E-state index contributed by atoms with van der Waals surface area (Å²) in [7, 11) is 1.89. The van der Waals surface area contributed by atoms with Gasteiger partial charge in [-0.05, 0) is 31.2 Å². The molecule has 0 radical (unpaired) electrons. The van der Waals surface area contributed by atoms with Crippen molar-refractivity contribution in [2.24, 2.45) is 0 Å². The largest absolute Gasteiger partial charge is 0.322 e. The van der Waals surface area contributed by atoms with Crippen molar-refractivity contribution in [3.8, 4) is 0 Å². The molecule has 27 heavy (non-hydrogen) atoms.